The molecule has 1 atom stereocenters. The SMILES string of the molecule is COc1ccc([C@H](N)C(C)(C)C)cc1C. The highest BCUT2D eigenvalue weighted by molar-refractivity contribution is 5.37. The lowest BCUT2D eigenvalue weighted by atomic mass is 9.83. The van der Waals surface area contributed by atoms with Crippen LogP contribution in [0.15, 0.2) is 18.2 Å². The molecule has 1 aromatic rings. The summed E-state index contributed by atoms with van der Waals surface area (Å²) in [5.74, 6) is 0.917. The van der Waals surface area contributed by atoms with E-state index < -0.39 is 0 Å². The van der Waals surface area contributed by atoms with Crippen LogP contribution in [0.5, 0.6) is 5.75 Å². The van der Waals surface area contributed by atoms with Crippen molar-refractivity contribution in [2.75, 3.05) is 7.11 Å². The van der Waals surface area contributed by atoms with E-state index in [4.69, 9.17) is 10.5 Å². The normalized spacial score (nSPS) is 13.7. The lowest BCUT2D eigenvalue weighted by Crippen LogP contribution is -2.26. The summed E-state index contributed by atoms with van der Waals surface area (Å²) < 4.78 is 5.22. The highest BCUT2D eigenvalue weighted by Crippen LogP contribution is 2.32. The molecule has 0 aliphatic carbocycles. The number of hydrogen-bond donors (Lipinski definition) is 1. The van der Waals surface area contributed by atoms with Gasteiger partial charge in [-0.15, -0.1) is 0 Å². The van der Waals surface area contributed by atoms with Gasteiger partial charge in [0.2, 0.25) is 0 Å². The average Bonchev–Trinajstić information content (AvgIpc) is 2.15. The van der Waals surface area contributed by atoms with E-state index in [1.54, 1.807) is 7.11 Å². The summed E-state index contributed by atoms with van der Waals surface area (Å²) in [5.41, 5.74) is 8.58. The van der Waals surface area contributed by atoms with E-state index in [9.17, 15) is 0 Å². The molecule has 1 rings (SSSR count). The summed E-state index contributed by atoms with van der Waals surface area (Å²) in [4.78, 5) is 0. The lowest BCUT2D eigenvalue weighted by molar-refractivity contribution is 0.326. The van der Waals surface area contributed by atoms with Crippen molar-refractivity contribution in [2.24, 2.45) is 11.1 Å². The fourth-order valence-corrected chi connectivity index (χ4v) is 1.60. The van der Waals surface area contributed by atoms with Crippen molar-refractivity contribution in [2.45, 2.75) is 33.7 Å². The lowest BCUT2D eigenvalue weighted by Gasteiger charge is -2.27. The number of rotatable bonds is 2. The molecule has 0 heterocycles. The van der Waals surface area contributed by atoms with Gasteiger partial charge in [0.15, 0.2) is 0 Å². The molecule has 2 heteroatoms. The minimum Gasteiger partial charge on any atom is -0.496 e. The molecule has 84 valence electrons. The monoisotopic (exact) mass is 207 g/mol. The molecule has 0 aliphatic rings. The van der Waals surface area contributed by atoms with Crippen LogP contribution in [-0.4, -0.2) is 7.11 Å². The average molecular weight is 207 g/mol. The smallest absolute Gasteiger partial charge is 0.121 e. The molecule has 0 fully saturated rings. The van der Waals surface area contributed by atoms with E-state index in [2.05, 4.69) is 26.8 Å². The second kappa shape index (κ2) is 4.23. The molecule has 1 aromatic carbocycles. The Kier molecular flexibility index (Phi) is 3.40. The molecule has 15 heavy (non-hydrogen) atoms. The maximum Gasteiger partial charge on any atom is 0.121 e. The zero-order valence-corrected chi connectivity index (χ0v) is 10.3. The van der Waals surface area contributed by atoms with Crippen molar-refractivity contribution in [1.82, 2.24) is 0 Å². The van der Waals surface area contributed by atoms with Gasteiger partial charge < -0.3 is 10.5 Å². The molecular formula is C13H21NO. The quantitative estimate of drug-likeness (QED) is 0.809. The van der Waals surface area contributed by atoms with E-state index in [1.165, 1.54) is 5.56 Å². The van der Waals surface area contributed by atoms with Crippen LogP contribution < -0.4 is 10.5 Å². The third-order valence-electron chi connectivity index (χ3n) is 2.71. The number of hydrogen-bond acceptors (Lipinski definition) is 2. The Balaban J connectivity index is 3.02. The number of methoxy groups -OCH3 is 1. The van der Waals surface area contributed by atoms with Crippen LogP contribution in [0.2, 0.25) is 0 Å². The zero-order chi connectivity index (χ0) is 11.6. The minimum absolute atomic E-state index is 0.0575. The summed E-state index contributed by atoms with van der Waals surface area (Å²) in [7, 11) is 1.69. The first-order valence-corrected chi connectivity index (χ1v) is 5.26. The van der Waals surface area contributed by atoms with E-state index in [-0.39, 0.29) is 11.5 Å². The molecule has 0 radical (unpaired) electrons. The minimum atomic E-state index is 0.0575. The topological polar surface area (TPSA) is 35.2 Å². The van der Waals surface area contributed by atoms with E-state index in [0.717, 1.165) is 11.3 Å². The molecule has 0 saturated heterocycles. The van der Waals surface area contributed by atoms with E-state index in [0.29, 0.717) is 0 Å². The first-order valence-electron chi connectivity index (χ1n) is 5.26. The largest absolute Gasteiger partial charge is 0.496 e. The maximum absolute atomic E-state index is 6.19. The van der Waals surface area contributed by atoms with Crippen LogP contribution in [0.3, 0.4) is 0 Å². The first-order chi connectivity index (χ1) is 6.86. The van der Waals surface area contributed by atoms with Gasteiger partial charge in [-0.1, -0.05) is 32.9 Å². The maximum atomic E-state index is 6.19. The van der Waals surface area contributed by atoms with Gasteiger partial charge in [0.25, 0.3) is 0 Å². The summed E-state index contributed by atoms with van der Waals surface area (Å²) in [6.45, 7) is 8.49. The van der Waals surface area contributed by atoms with Crippen LogP contribution in [0.25, 0.3) is 0 Å². The number of benzene rings is 1. The molecule has 0 unspecified atom stereocenters. The molecule has 0 bridgehead atoms. The van der Waals surface area contributed by atoms with Crippen LogP contribution in [0, 0.1) is 12.3 Å². The number of ether oxygens (including phenoxy) is 1. The molecule has 2 N–H and O–H groups in total. The van der Waals surface area contributed by atoms with Crippen molar-refractivity contribution in [3.05, 3.63) is 29.3 Å². The standard InChI is InChI=1S/C13H21NO/c1-9-8-10(6-7-11(9)15-5)12(14)13(2,3)4/h6-8,12H,14H2,1-5H3/t12-/m0/s1. The number of aryl methyl sites for hydroxylation is 1. The molecule has 0 saturated carbocycles. The highest BCUT2D eigenvalue weighted by atomic mass is 16.5. The Morgan fingerprint density at radius 3 is 2.27 bits per heavy atom. The van der Waals surface area contributed by atoms with Crippen molar-refractivity contribution in [3.8, 4) is 5.75 Å². The van der Waals surface area contributed by atoms with Gasteiger partial charge in [-0.05, 0) is 29.5 Å². The first kappa shape index (κ1) is 12.1. The Hall–Kier alpha value is -1.02. The van der Waals surface area contributed by atoms with Gasteiger partial charge in [-0.25, -0.2) is 0 Å². The molecular weight excluding hydrogens is 186 g/mol. The van der Waals surface area contributed by atoms with Crippen LogP contribution >= 0.6 is 0 Å². The van der Waals surface area contributed by atoms with Gasteiger partial charge in [0.05, 0.1) is 7.11 Å². The van der Waals surface area contributed by atoms with Crippen molar-refractivity contribution >= 4 is 0 Å². The molecule has 0 aliphatic heterocycles. The summed E-state index contributed by atoms with van der Waals surface area (Å²) in [5, 5.41) is 0. The Morgan fingerprint density at radius 1 is 1.27 bits per heavy atom. The molecule has 0 spiro atoms. The third-order valence-corrected chi connectivity index (χ3v) is 2.71. The molecule has 2 nitrogen and oxygen atoms in total. The van der Waals surface area contributed by atoms with E-state index in [1.807, 2.05) is 19.1 Å². The Morgan fingerprint density at radius 2 is 1.87 bits per heavy atom. The van der Waals surface area contributed by atoms with Crippen molar-refractivity contribution in [1.29, 1.82) is 0 Å². The van der Waals surface area contributed by atoms with Crippen LogP contribution in [-0.2, 0) is 0 Å². The van der Waals surface area contributed by atoms with Crippen LogP contribution in [0.1, 0.15) is 37.9 Å². The number of nitrogens with two attached hydrogens (primary N) is 1. The highest BCUT2D eigenvalue weighted by Gasteiger charge is 2.22. The van der Waals surface area contributed by atoms with Crippen molar-refractivity contribution < 1.29 is 4.74 Å². The van der Waals surface area contributed by atoms with Gasteiger partial charge in [0.1, 0.15) is 5.75 Å². The van der Waals surface area contributed by atoms with Gasteiger partial charge in [0, 0.05) is 6.04 Å². The summed E-state index contributed by atoms with van der Waals surface area (Å²) in [6.07, 6.45) is 0. The fraction of sp³-hybridized carbons (Fsp3) is 0.538. The summed E-state index contributed by atoms with van der Waals surface area (Å²) >= 11 is 0. The van der Waals surface area contributed by atoms with Gasteiger partial charge >= 0.3 is 0 Å². The molecule has 0 aromatic heterocycles. The Labute approximate surface area is 92.4 Å². The predicted molar refractivity (Wildman–Crippen MR) is 64.1 cm³/mol. The van der Waals surface area contributed by atoms with Gasteiger partial charge in [-0.3, -0.25) is 0 Å². The van der Waals surface area contributed by atoms with Crippen molar-refractivity contribution in [3.63, 3.8) is 0 Å². The second-order valence-electron chi connectivity index (χ2n) is 5.07. The Bertz CT molecular complexity index is 339. The predicted octanol–water partition coefficient (Wildman–Crippen LogP) is 3.05. The fourth-order valence-electron chi connectivity index (χ4n) is 1.60. The third kappa shape index (κ3) is 2.72. The van der Waals surface area contributed by atoms with Crippen LogP contribution in [0.4, 0.5) is 0 Å². The summed E-state index contributed by atoms with van der Waals surface area (Å²) in [6, 6.07) is 6.19. The van der Waals surface area contributed by atoms with Gasteiger partial charge in [-0.2, -0.15) is 0 Å². The zero-order valence-electron chi connectivity index (χ0n) is 10.3. The second-order valence-corrected chi connectivity index (χ2v) is 5.07. The molecule has 0 amide bonds. The van der Waals surface area contributed by atoms with E-state index >= 15 is 0 Å².